The second-order valence-corrected chi connectivity index (χ2v) is 6.32. The summed E-state index contributed by atoms with van der Waals surface area (Å²) in [6.07, 6.45) is 0. The molecule has 25 heavy (non-hydrogen) atoms. The van der Waals surface area contributed by atoms with Crippen molar-refractivity contribution in [1.29, 1.82) is 0 Å². The van der Waals surface area contributed by atoms with E-state index in [1.54, 1.807) is 17.0 Å². The highest BCUT2D eigenvalue weighted by atomic mass is 19.1. The van der Waals surface area contributed by atoms with Crippen LogP contribution in [0.15, 0.2) is 42.5 Å². The van der Waals surface area contributed by atoms with E-state index in [1.165, 1.54) is 13.0 Å². The first-order chi connectivity index (χ1) is 12.0. The average Bonchev–Trinajstić information content (AvgIpc) is 2.61. The molecular weight excluding hydrogens is 319 g/mol. The standard InChI is InChI=1S/C20H21FN2O2/c1-14-5-3-4-6-17(14)20(25)23-11-9-22(10-12-23)19-8-7-16(15(2)24)13-18(19)21/h3-8,13H,9-12H2,1-2H3. The van der Waals surface area contributed by atoms with E-state index in [2.05, 4.69) is 0 Å². The molecule has 3 rings (SSSR count). The van der Waals surface area contributed by atoms with Crippen LogP contribution >= 0.6 is 0 Å². The van der Waals surface area contributed by atoms with Crippen molar-refractivity contribution in [2.75, 3.05) is 31.1 Å². The lowest BCUT2D eigenvalue weighted by Gasteiger charge is -2.36. The molecule has 0 spiro atoms. The summed E-state index contributed by atoms with van der Waals surface area (Å²) in [6, 6.07) is 12.1. The van der Waals surface area contributed by atoms with Crippen molar-refractivity contribution in [3.63, 3.8) is 0 Å². The number of carbonyl (C=O) groups is 2. The van der Waals surface area contributed by atoms with Gasteiger partial charge in [-0.2, -0.15) is 0 Å². The Hall–Kier alpha value is -2.69. The number of benzene rings is 2. The quantitative estimate of drug-likeness (QED) is 0.805. The maximum Gasteiger partial charge on any atom is 0.254 e. The predicted molar refractivity (Wildman–Crippen MR) is 95.7 cm³/mol. The Morgan fingerprint density at radius 1 is 1.00 bits per heavy atom. The SMILES string of the molecule is CC(=O)c1ccc(N2CCN(C(=O)c3ccccc3C)CC2)c(F)c1. The van der Waals surface area contributed by atoms with E-state index in [1.807, 2.05) is 36.1 Å². The molecule has 1 amide bonds. The minimum absolute atomic E-state index is 0.0187. The highest BCUT2D eigenvalue weighted by molar-refractivity contribution is 5.96. The third kappa shape index (κ3) is 3.55. The van der Waals surface area contributed by atoms with Crippen LogP contribution in [0.4, 0.5) is 10.1 Å². The predicted octanol–water partition coefficient (Wildman–Crippen LogP) is 3.30. The van der Waals surface area contributed by atoms with Gasteiger partial charge in [0.1, 0.15) is 5.82 Å². The molecule has 4 nitrogen and oxygen atoms in total. The Morgan fingerprint density at radius 3 is 2.28 bits per heavy atom. The Balaban J connectivity index is 1.69. The number of Topliss-reactive ketones (excluding diaryl/α,β-unsaturated/α-hetero) is 1. The van der Waals surface area contributed by atoms with Gasteiger partial charge in [-0.15, -0.1) is 0 Å². The number of rotatable bonds is 3. The number of nitrogens with zero attached hydrogens (tertiary/aromatic N) is 2. The topological polar surface area (TPSA) is 40.6 Å². The number of anilines is 1. The van der Waals surface area contributed by atoms with Crippen LogP contribution in [0.2, 0.25) is 0 Å². The second-order valence-electron chi connectivity index (χ2n) is 6.32. The molecule has 0 radical (unpaired) electrons. The summed E-state index contributed by atoms with van der Waals surface area (Å²) in [4.78, 5) is 27.7. The zero-order valence-electron chi connectivity index (χ0n) is 14.5. The Morgan fingerprint density at radius 2 is 1.68 bits per heavy atom. The van der Waals surface area contributed by atoms with Crippen LogP contribution in [0.1, 0.15) is 33.2 Å². The molecule has 1 saturated heterocycles. The van der Waals surface area contributed by atoms with E-state index in [0.717, 1.165) is 5.56 Å². The van der Waals surface area contributed by atoms with Gasteiger partial charge in [0.25, 0.3) is 5.91 Å². The van der Waals surface area contributed by atoms with Crippen LogP contribution in [0.5, 0.6) is 0 Å². The van der Waals surface area contributed by atoms with E-state index >= 15 is 0 Å². The van der Waals surface area contributed by atoms with Crippen molar-refractivity contribution in [3.05, 3.63) is 65.0 Å². The van der Waals surface area contributed by atoms with Crippen molar-refractivity contribution < 1.29 is 14.0 Å². The van der Waals surface area contributed by atoms with Gasteiger partial charge in [-0.25, -0.2) is 4.39 Å². The molecule has 5 heteroatoms. The molecule has 0 unspecified atom stereocenters. The molecule has 1 aliphatic rings. The molecule has 2 aromatic rings. The fraction of sp³-hybridized carbons (Fsp3) is 0.300. The monoisotopic (exact) mass is 340 g/mol. The Bertz CT molecular complexity index is 811. The maximum atomic E-state index is 14.3. The van der Waals surface area contributed by atoms with E-state index in [9.17, 15) is 14.0 Å². The highest BCUT2D eigenvalue weighted by Crippen LogP contribution is 2.23. The van der Waals surface area contributed by atoms with Crippen LogP contribution in [-0.2, 0) is 0 Å². The summed E-state index contributed by atoms with van der Waals surface area (Å²) in [6.45, 7) is 5.56. The molecule has 0 saturated carbocycles. The lowest BCUT2D eigenvalue weighted by molar-refractivity contribution is 0.0745. The van der Waals surface area contributed by atoms with Gasteiger partial charge in [-0.05, 0) is 43.7 Å². The van der Waals surface area contributed by atoms with Gasteiger partial charge < -0.3 is 9.80 Å². The Labute approximate surface area is 146 Å². The number of hydrogen-bond donors (Lipinski definition) is 0. The van der Waals surface area contributed by atoms with Gasteiger partial charge in [0.05, 0.1) is 5.69 Å². The first-order valence-corrected chi connectivity index (χ1v) is 8.37. The number of amides is 1. The number of carbonyl (C=O) groups excluding carboxylic acids is 2. The minimum Gasteiger partial charge on any atom is -0.366 e. The van der Waals surface area contributed by atoms with Crippen LogP contribution in [-0.4, -0.2) is 42.8 Å². The van der Waals surface area contributed by atoms with Gasteiger partial charge in [0, 0.05) is 37.3 Å². The van der Waals surface area contributed by atoms with Crippen LogP contribution in [0.25, 0.3) is 0 Å². The minimum atomic E-state index is -0.397. The van der Waals surface area contributed by atoms with Crippen molar-refractivity contribution in [3.8, 4) is 0 Å². The van der Waals surface area contributed by atoms with Crippen molar-refractivity contribution in [1.82, 2.24) is 4.90 Å². The Kier molecular flexibility index (Phi) is 4.83. The average molecular weight is 340 g/mol. The normalized spacial score (nSPS) is 14.5. The number of hydrogen-bond acceptors (Lipinski definition) is 3. The van der Waals surface area contributed by atoms with Gasteiger partial charge >= 0.3 is 0 Å². The van der Waals surface area contributed by atoms with Crippen LogP contribution < -0.4 is 4.90 Å². The number of halogens is 1. The number of ketones is 1. The summed E-state index contributed by atoms with van der Waals surface area (Å²) in [5.74, 6) is -0.532. The molecule has 0 bridgehead atoms. The van der Waals surface area contributed by atoms with E-state index in [4.69, 9.17) is 0 Å². The molecule has 1 fully saturated rings. The van der Waals surface area contributed by atoms with Gasteiger partial charge in [0.15, 0.2) is 5.78 Å². The first kappa shape index (κ1) is 17.1. The summed E-state index contributed by atoms with van der Waals surface area (Å²) in [5.41, 5.74) is 2.52. The molecule has 130 valence electrons. The molecule has 0 aromatic heterocycles. The number of aryl methyl sites for hydroxylation is 1. The third-order valence-electron chi connectivity index (χ3n) is 4.64. The van der Waals surface area contributed by atoms with E-state index in [-0.39, 0.29) is 11.7 Å². The summed E-state index contributed by atoms with van der Waals surface area (Å²) in [7, 11) is 0. The fourth-order valence-electron chi connectivity index (χ4n) is 3.12. The van der Waals surface area contributed by atoms with E-state index < -0.39 is 5.82 Å². The molecular formula is C20H21FN2O2. The molecule has 2 aromatic carbocycles. The summed E-state index contributed by atoms with van der Waals surface area (Å²) < 4.78 is 14.3. The molecule has 0 N–H and O–H groups in total. The summed E-state index contributed by atoms with van der Waals surface area (Å²) >= 11 is 0. The van der Waals surface area contributed by atoms with Gasteiger partial charge in [-0.1, -0.05) is 18.2 Å². The lowest BCUT2D eigenvalue weighted by atomic mass is 10.1. The molecule has 0 atom stereocenters. The maximum absolute atomic E-state index is 14.3. The van der Waals surface area contributed by atoms with Crippen LogP contribution in [0, 0.1) is 12.7 Å². The lowest BCUT2D eigenvalue weighted by Crippen LogP contribution is -2.49. The summed E-state index contributed by atoms with van der Waals surface area (Å²) in [5, 5.41) is 0. The molecule has 1 heterocycles. The van der Waals surface area contributed by atoms with Crippen molar-refractivity contribution in [2.45, 2.75) is 13.8 Å². The fourth-order valence-corrected chi connectivity index (χ4v) is 3.12. The first-order valence-electron chi connectivity index (χ1n) is 8.37. The van der Waals surface area contributed by atoms with Crippen molar-refractivity contribution in [2.24, 2.45) is 0 Å². The third-order valence-corrected chi connectivity index (χ3v) is 4.64. The van der Waals surface area contributed by atoms with Gasteiger partial charge in [0.2, 0.25) is 0 Å². The second kappa shape index (κ2) is 7.05. The zero-order chi connectivity index (χ0) is 18.0. The van der Waals surface area contributed by atoms with Crippen molar-refractivity contribution >= 4 is 17.4 Å². The highest BCUT2D eigenvalue weighted by Gasteiger charge is 2.24. The van der Waals surface area contributed by atoms with E-state index in [0.29, 0.717) is 43.0 Å². The largest absolute Gasteiger partial charge is 0.366 e. The van der Waals surface area contributed by atoms with Crippen LogP contribution in [0.3, 0.4) is 0 Å². The molecule has 1 aliphatic heterocycles. The zero-order valence-corrected chi connectivity index (χ0v) is 14.5. The van der Waals surface area contributed by atoms with Gasteiger partial charge in [-0.3, -0.25) is 9.59 Å². The number of piperazine rings is 1. The smallest absolute Gasteiger partial charge is 0.254 e. The molecule has 0 aliphatic carbocycles.